The van der Waals surface area contributed by atoms with Gasteiger partial charge in [-0.25, -0.2) is 0 Å². The van der Waals surface area contributed by atoms with Crippen molar-refractivity contribution in [3.63, 3.8) is 0 Å². The number of aryl methyl sites for hydroxylation is 1. The lowest BCUT2D eigenvalue weighted by atomic mass is 9.77. The third-order valence-electron chi connectivity index (χ3n) is 14.6. The maximum absolute atomic E-state index is 4.34. The second-order valence-corrected chi connectivity index (χ2v) is 19.6. The number of anilines is 3. The lowest BCUT2D eigenvalue weighted by Gasteiger charge is -2.28. The first-order valence-electron chi connectivity index (χ1n) is 24.0. The predicted octanol–water partition coefficient (Wildman–Crippen LogP) is 18.2. The minimum absolute atomic E-state index is 0.117. The van der Waals surface area contributed by atoms with Crippen LogP contribution < -0.4 is 4.90 Å². The smallest absolute Gasteiger partial charge is 0.0467 e. The normalized spacial score (nSPS) is 16.2. The van der Waals surface area contributed by atoms with Crippen LogP contribution in [0.15, 0.2) is 218 Å². The van der Waals surface area contributed by atoms with Gasteiger partial charge in [-0.1, -0.05) is 203 Å². The van der Waals surface area contributed by atoms with Gasteiger partial charge in [0.1, 0.15) is 0 Å². The van der Waals surface area contributed by atoms with E-state index in [-0.39, 0.29) is 5.41 Å². The molecule has 9 aromatic rings. The highest BCUT2D eigenvalue weighted by Crippen LogP contribution is 2.52. The number of benzene rings is 9. The molecule has 9 aromatic carbocycles. The van der Waals surface area contributed by atoms with E-state index in [9.17, 15) is 0 Å². The van der Waals surface area contributed by atoms with Crippen LogP contribution in [0.3, 0.4) is 0 Å². The van der Waals surface area contributed by atoms with E-state index >= 15 is 0 Å². The summed E-state index contributed by atoms with van der Waals surface area (Å²) in [5, 5.41) is 2.52. The minimum atomic E-state index is -0.117. The molecule has 1 saturated carbocycles. The Labute approximate surface area is 391 Å². The lowest BCUT2D eigenvalue weighted by Crippen LogP contribution is -2.16. The van der Waals surface area contributed by atoms with Gasteiger partial charge in [-0.15, -0.1) is 0 Å². The fourth-order valence-electron chi connectivity index (χ4n) is 11.6. The molecule has 0 bridgehead atoms. The zero-order chi connectivity index (χ0) is 44.8. The summed E-state index contributed by atoms with van der Waals surface area (Å²) in [7, 11) is 0. The Morgan fingerprint density at radius 2 is 1.03 bits per heavy atom. The quantitative estimate of drug-likeness (QED) is 0.124. The number of nitrogens with zero attached hydrogens (tertiary/aromatic N) is 1. The molecule has 2 atom stereocenters. The van der Waals surface area contributed by atoms with Crippen LogP contribution in [-0.2, 0) is 11.8 Å². The zero-order valence-corrected chi connectivity index (χ0v) is 38.5. The Morgan fingerprint density at radius 1 is 0.485 bits per heavy atom. The fraction of sp³-hybridized carbons (Fsp3) is 0.169. The Bertz CT molecular complexity index is 3200. The van der Waals surface area contributed by atoms with Crippen molar-refractivity contribution in [2.45, 2.75) is 58.3 Å². The molecule has 1 fully saturated rings. The van der Waals surface area contributed by atoms with Crippen LogP contribution in [0.1, 0.15) is 63.1 Å². The Hall–Kier alpha value is -7.22. The number of hydrogen-bond acceptors (Lipinski definition) is 1. The number of hydrogen-bond donors (Lipinski definition) is 0. The molecule has 0 heterocycles. The molecule has 1 nitrogen and oxygen atoms in total. The summed E-state index contributed by atoms with van der Waals surface area (Å²) in [4.78, 5) is 2.42. The van der Waals surface area contributed by atoms with Gasteiger partial charge in [-0.2, -0.15) is 0 Å². The third-order valence-corrected chi connectivity index (χ3v) is 14.6. The largest absolute Gasteiger partial charge is 0.310 e. The second kappa shape index (κ2) is 17.3. The molecule has 322 valence electrons. The van der Waals surface area contributed by atoms with Gasteiger partial charge in [0, 0.05) is 22.5 Å². The molecule has 66 heavy (non-hydrogen) atoms. The Kier molecular flexibility index (Phi) is 10.9. The number of rotatable bonds is 10. The molecule has 0 saturated heterocycles. The van der Waals surface area contributed by atoms with Crippen LogP contribution >= 0.6 is 0 Å². The van der Waals surface area contributed by atoms with Crippen molar-refractivity contribution in [2.24, 2.45) is 11.8 Å². The van der Waals surface area contributed by atoms with E-state index in [1.54, 1.807) is 0 Å². The van der Waals surface area contributed by atoms with Crippen molar-refractivity contribution in [1.29, 1.82) is 0 Å². The standard InChI is InChI=1S/C65H57N/c1-44-40-45(2)42-47(41-44)27-26-46-28-30-48(31-29-46)49-32-36-54(37-33-49)66(56-19-10-18-53(43-56)59-23-13-24-61-60-20-8-9-25-62(60)65(3,4)64(59)61)55-38-34-51(35-39-55)58-22-12-17-52-16-11-21-57(63(52)58)50-14-6-5-7-15-50/h5-25,28-39,43,45,47H,1,26-27,40-42H2,2-4H3. The van der Waals surface area contributed by atoms with Gasteiger partial charge in [-0.05, 0) is 163 Å². The van der Waals surface area contributed by atoms with Gasteiger partial charge in [0.2, 0.25) is 0 Å². The molecule has 0 amide bonds. The zero-order valence-electron chi connectivity index (χ0n) is 38.5. The third kappa shape index (κ3) is 7.77. The molecule has 0 aliphatic heterocycles. The lowest BCUT2D eigenvalue weighted by molar-refractivity contribution is 0.321. The van der Waals surface area contributed by atoms with Crippen LogP contribution in [0.5, 0.6) is 0 Å². The first kappa shape index (κ1) is 41.5. The van der Waals surface area contributed by atoms with Crippen molar-refractivity contribution in [2.75, 3.05) is 4.90 Å². The summed E-state index contributed by atoms with van der Waals surface area (Å²) in [5.74, 6) is 1.52. The molecule has 2 aliphatic rings. The summed E-state index contributed by atoms with van der Waals surface area (Å²) >= 11 is 0. The fourth-order valence-corrected chi connectivity index (χ4v) is 11.6. The highest BCUT2D eigenvalue weighted by Gasteiger charge is 2.37. The Balaban J connectivity index is 0.956. The van der Waals surface area contributed by atoms with Gasteiger partial charge >= 0.3 is 0 Å². The van der Waals surface area contributed by atoms with Crippen LogP contribution in [0.2, 0.25) is 0 Å². The summed E-state index contributed by atoms with van der Waals surface area (Å²) in [6.45, 7) is 11.5. The highest BCUT2D eigenvalue weighted by atomic mass is 15.1. The topological polar surface area (TPSA) is 3.24 Å². The molecule has 0 spiro atoms. The Morgan fingerprint density at radius 3 is 1.73 bits per heavy atom. The SMILES string of the molecule is C=C1CC(C)CC(CCc2ccc(-c3ccc(N(c4ccc(-c5cccc6cccc(-c7ccccc7)c56)cc4)c4cccc(-c5cccc6c5C(C)(C)c5ccccc5-6)c4)cc3)cc2)C1. The van der Waals surface area contributed by atoms with Crippen molar-refractivity contribution in [3.05, 3.63) is 235 Å². The minimum Gasteiger partial charge on any atom is -0.310 e. The molecular weight excluding hydrogens is 795 g/mol. The van der Waals surface area contributed by atoms with Crippen LogP contribution in [0.25, 0.3) is 66.4 Å². The van der Waals surface area contributed by atoms with Crippen molar-refractivity contribution < 1.29 is 0 Å². The van der Waals surface area contributed by atoms with Crippen LogP contribution in [0, 0.1) is 11.8 Å². The molecule has 2 unspecified atom stereocenters. The molecule has 0 N–H and O–H groups in total. The molecule has 0 radical (unpaired) electrons. The van der Waals surface area contributed by atoms with E-state index in [0.29, 0.717) is 0 Å². The van der Waals surface area contributed by atoms with Gasteiger partial charge in [0.15, 0.2) is 0 Å². The summed E-state index contributed by atoms with van der Waals surface area (Å²) in [6, 6.07) is 76.6. The van der Waals surface area contributed by atoms with Gasteiger partial charge in [0.25, 0.3) is 0 Å². The molecule has 2 aliphatic carbocycles. The van der Waals surface area contributed by atoms with Gasteiger partial charge in [0.05, 0.1) is 0 Å². The van der Waals surface area contributed by atoms with E-state index in [1.807, 2.05) is 0 Å². The average Bonchev–Trinajstić information content (AvgIpc) is 3.59. The second-order valence-electron chi connectivity index (χ2n) is 19.6. The number of fused-ring (bicyclic) bond motifs is 4. The summed E-state index contributed by atoms with van der Waals surface area (Å²) in [6.07, 6.45) is 6.09. The van der Waals surface area contributed by atoms with Crippen LogP contribution in [0.4, 0.5) is 17.1 Å². The summed E-state index contributed by atoms with van der Waals surface area (Å²) in [5.41, 5.74) is 21.4. The number of allylic oxidation sites excluding steroid dienone is 1. The maximum Gasteiger partial charge on any atom is 0.0467 e. The van der Waals surface area contributed by atoms with Crippen molar-refractivity contribution in [1.82, 2.24) is 0 Å². The van der Waals surface area contributed by atoms with E-state index in [2.05, 4.69) is 239 Å². The van der Waals surface area contributed by atoms with E-state index < -0.39 is 0 Å². The van der Waals surface area contributed by atoms with Gasteiger partial charge < -0.3 is 4.90 Å². The summed E-state index contributed by atoms with van der Waals surface area (Å²) < 4.78 is 0. The first-order valence-corrected chi connectivity index (χ1v) is 24.0. The molecular formula is C65H57N. The highest BCUT2D eigenvalue weighted by molar-refractivity contribution is 6.06. The average molecular weight is 852 g/mol. The molecule has 11 rings (SSSR count). The van der Waals surface area contributed by atoms with Crippen molar-refractivity contribution >= 4 is 27.8 Å². The van der Waals surface area contributed by atoms with Crippen molar-refractivity contribution in [3.8, 4) is 55.6 Å². The van der Waals surface area contributed by atoms with E-state index in [1.165, 1.54) is 114 Å². The van der Waals surface area contributed by atoms with E-state index in [4.69, 9.17) is 0 Å². The maximum atomic E-state index is 4.34. The monoisotopic (exact) mass is 851 g/mol. The van der Waals surface area contributed by atoms with E-state index in [0.717, 1.165) is 35.3 Å². The predicted molar refractivity (Wildman–Crippen MR) is 282 cm³/mol. The molecule has 1 heteroatoms. The van der Waals surface area contributed by atoms with Gasteiger partial charge in [-0.3, -0.25) is 0 Å². The van der Waals surface area contributed by atoms with Crippen LogP contribution in [-0.4, -0.2) is 0 Å². The molecule has 0 aromatic heterocycles. The first-order chi connectivity index (χ1) is 32.3.